The van der Waals surface area contributed by atoms with Crippen molar-refractivity contribution >= 4 is 11.6 Å². The molecule has 0 aromatic heterocycles. The Morgan fingerprint density at radius 1 is 1.47 bits per heavy atom. The lowest BCUT2D eigenvalue weighted by Crippen LogP contribution is -2.42. The van der Waals surface area contributed by atoms with Crippen molar-refractivity contribution in [3.63, 3.8) is 0 Å². The van der Waals surface area contributed by atoms with Crippen LogP contribution in [0.5, 0.6) is 0 Å². The average Bonchev–Trinajstić information content (AvgIpc) is 2.89. The Morgan fingerprint density at radius 3 is 2.84 bits per heavy atom. The number of carbonyl (C=O) groups is 1. The summed E-state index contributed by atoms with van der Waals surface area (Å²) < 4.78 is 0. The van der Waals surface area contributed by atoms with Gasteiger partial charge in [0.05, 0.1) is 5.41 Å². The summed E-state index contributed by atoms with van der Waals surface area (Å²) in [5.74, 6) is 0.498. The van der Waals surface area contributed by atoms with Crippen LogP contribution in [0.1, 0.15) is 32.8 Å². The molecular formula is C16H24N2O. The highest BCUT2D eigenvalue weighted by atomic mass is 16.2. The largest absolute Gasteiger partial charge is 0.326 e. The Hall–Kier alpha value is -1.35. The highest BCUT2D eigenvalue weighted by molar-refractivity contribution is 5.96. The Morgan fingerprint density at radius 2 is 2.26 bits per heavy atom. The molecular weight excluding hydrogens is 236 g/mol. The summed E-state index contributed by atoms with van der Waals surface area (Å²) in [6, 6.07) is 8.12. The first-order valence-electron chi connectivity index (χ1n) is 7.19. The molecule has 2 N–H and O–H groups in total. The van der Waals surface area contributed by atoms with E-state index >= 15 is 0 Å². The minimum atomic E-state index is -0.262. The molecule has 1 atom stereocenters. The molecule has 19 heavy (non-hydrogen) atoms. The van der Waals surface area contributed by atoms with Crippen molar-refractivity contribution in [1.82, 2.24) is 5.32 Å². The van der Waals surface area contributed by atoms with Crippen LogP contribution in [0.4, 0.5) is 5.69 Å². The number of hydrogen-bond donors (Lipinski definition) is 2. The number of rotatable bonds is 4. The zero-order valence-electron chi connectivity index (χ0n) is 12.1. The van der Waals surface area contributed by atoms with Crippen LogP contribution in [0.25, 0.3) is 0 Å². The molecule has 2 rings (SSSR count). The molecule has 0 bridgehead atoms. The molecule has 3 nitrogen and oxygen atoms in total. The molecule has 0 aliphatic carbocycles. The van der Waals surface area contributed by atoms with Crippen molar-refractivity contribution in [3.05, 3.63) is 29.8 Å². The molecule has 0 spiro atoms. The fourth-order valence-corrected chi connectivity index (χ4v) is 2.78. The zero-order chi connectivity index (χ0) is 13.9. The minimum Gasteiger partial charge on any atom is -0.326 e. The lowest BCUT2D eigenvalue weighted by Gasteiger charge is -2.31. The van der Waals surface area contributed by atoms with Crippen LogP contribution in [0, 0.1) is 11.3 Å². The smallest absolute Gasteiger partial charge is 0.232 e. The van der Waals surface area contributed by atoms with E-state index in [2.05, 4.69) is 43.5 Å². The van der Waals surface area contributed by atoms with Crippen molar-refractivity contribution in [3.8, 4) is 0 Å². The van der Waals surface area contributed by atoms with Gasteiger partial charge in [-0.15, -0.1) is 0 Å². The van der Waals surface area contributed by atoms with Gasteiger partial charge in [-0.05, 0) is 43.0 Å². The molecule has 1 aromatic rings. The second-order valence-corrected chi connectivity index (χ2v) is 5.75. The number of benzene rings is 1. The zero-order valence-corrected chi connectivity index (χ0v) is 12.1. The van der Waals surface area contributed by atoms with E-state index in [1.807, 2.05) is 12.1 Å². The molecule has 3 heteroatoms. The molecule has 104 valence electrons. The highest BCUT2D eigenvalue weighted by Gasteiger charge is 2.43. The van der Waals surface area contributed by atoms with Gasteiger partial charge in [0.2, 0.25) is 5.91 Å². The van der Waals surface area contributed by atoms with Gasteiger partial charge in [0.15, 0.2) is 0 Å². The third-order valence-corrected chi connectivity index (χ3v) is 4.34. The number of anilines is 1. The normalized spacial score (nSPS) is 22.7. The quantitative estimate of drug-likeness (QED) is 0.874. The lowest BCUT2D eigenvalue weighted by molar-refractivity contribution is -0.126. The number of nitrogens with one attached hydrogen (secondary N) is 2. The molecule has 1 saturated heterocycles. The van der Waals surface area contributed by atoms with Crippen molar-refractivity contribution in [2.75, 3.05) is 18.4 Å². The lowest BCUT2D eigenvalue weighted by atomic mass is 9.75. The molecule has 1 fully saturated rings. The van der Waals surface area contributed by atoms with E-state index in [4.69, 9.17) is 0 Å². The number of carbonyl (C=O) groups excluding carboxylic acids is 1. The predicted molar refractivity (Wildman–Crippen MR) is 79.2 cm³/mol. The summed E-state index contributed by atoms with van der Waals surface area (Å²) in [4.78, 5) is 12.6. The summed E-state index contributed by atoms with van der Waals surface area (Å²) in [6.07, 6.45) is 1.91. The second kappa shape index (κ2) is 5.74. The molecule has 1 aromatic carbocycles. The van der Waals surface area contributed by atoms with E-state index in [-0.39, 0.29) is 11.3 Å². The Bertz CT molecular complexity index is 448. The van der Waals surface area contributed by atoms with E-state index in [9.17, 15) is 4.79 Å². The maximum atomic E-state index is 12.6. The average molecular weight is 260 g/mol. The molecule has 1 aliphatic heterocycles. The molecule has 1 heterocycles. The second-order valence-electron chi connectivity index (χ2n) is 5.75. The Kier molecular flexibility index (Phi) is 4.25. The highest BCUT2D eigenvalue weighted by Crippen LogP contribution is 2.35. The first-order chi connectivity index (χ1) is 9.08. The van der Waals surface area contributed by atoms with Crippen LogP contribution in [-0.2, 0) is 11.2 Å². The van der Waals surface area contributed by atoms with Gasteiger partial charge in [-0.2, -0.15) is 0 Å². The van der Waals surface area contributed by atoms with Crippen LogP contribution in [0.3, 0.4) is 0 Å². The maximum Gasteiger partial charge on any atom is 0.232 e. The summed E-state index contributed by atoms with van der Waals surface area (Å²) in [6.45, 7) is 8.10. The van der Waals surface area contributed by atoms with Crippen molar-refractivity contribution in [1.29, 1.82) is 0 Å². The molecule has 0 saturated carbocycles. The van der Waals surface area contributed by atoms with Gasteiger partial charge in [-0.3, -0.25) is 4.79 Å². The van der Waals surface area contributed by atoms with Crippen LogP contribution < -0.4 is 10.6 Å². The molecule has 0 radical (unpaired) electrons. The molecule has 1 unspecified atom stereocenters. The number of hydrogen-bond acceptors (Lipinski definition) is 2. The van der Waals surface area contributed by atoms with E-state index < -0.39 is 0 Å². The fourth-order valence-electron chi connectivity index (χ4n) is 2.78. The Balaban J connectivity index is 2.15. The first kappa shape index (κ1) is 14.1. The van der Waals surface area contributed by atoms with E-state index in [0.29, 0.717) is 5.92 Å². The van der Waals surface area contributed by atoms with Crippen molar-refractivity contribution < 1.29 is 4.79 Å². The van der Waals surface area contributed by atoms with Crippen LogP contribution in [-0.4, -0.2) is 19.0 Å². The van der Waals surface area contributed by atoms with Gasteiger partial charge in [0, 0.05) is 12.2 Å². The van der Waals surface area contributed by atoms with Crippen LogP contribution >= 0.6 is 0 Å². The van der Waals surface area contributed by atoms with Crippen LogP contribution in [0.15, 0.2) is 24.3 Å². The van der Waals surface area contributed by atoms with Gasteiger partial charge in [0.25, 0.3) is 0 Å². The summed E-state index contributed by atoms with van der Waals surface area (Å²) in [5, 5.41) is 6.42. The van der Waals surface area contributed by atoms with Gasteiger partial charge >= 0.3 is 0 Å². The van der Waals surface area contributed by atoms with Gasteiger partial charge in [-0.25, -0.2) is 0 Å². The third-order valence-electron chi connectivity index (χ3n) is 4.34. The topological polar surface area (TPSA) is 41.1 Å². The number of amides is 1. The SMILES string of the molecule is CCc1cccc(NC(=O)C2(C(C)C)CCNC2)c1. The standard InChI is InChI=1S/C16H24N2O/c1-4-13-6-5-7-14(10-13)18-15(19)16(12(2)3)8-9-17-11-16/h5-7,10,12,17H,4,8-9,11H2,1-3H3,(H,18,19). The van der Waals surface area contributed by atoms with Gasteiger partial charge in [-0.1, -0.05) is 32.9 Å². The molecule has 1 amide bonds. The van der Waals surface area contributed by atoms with Crippen molar-refractivity contribution in [2.45, 2.75) is 33.6 Å². The van der Waals surface area contributed by atoms with E-state index in [1.54, 1.807) is 0 Å². The summed E-state index contributed by atoms with van der Waals surface area (Å²) in [7, 11) is 0. The summed E-state index contributed by atoms with van der Waals surface area (Å²) >= 11 is 0. The monoisotopic (exact) mass is 260 g/mol. The van der Waals surface area contributed by atoms with Gasteiger partial charge < -0.3 is 10.6 Å². The first-order valence-corrected chi connectivity index (χ1v) is 7.19. The Labute approximate surface area is 115 Å². The predicted octanol–water partition coefficient (Wildman–Crippen LogP) is 2.82. The van der Waals surface area contributed by atoms with Crippen LogP contribution in [0.2, 0.25) is 0 Å². The van der Waals surface area contributed by atoms with E-state index in [1.165, 1.54) is 5.56 Å². The summed E-state index contributed by atoms with van der Waals surface area (Å²) in [5.41, 5.74) is 1.90. The molecule has 1 aliphatic rings. The van der Waals surface area contributed by atoms with E-state index in [0.717, 1.165) is 31.6 Å². The third kappa shape index (κ3) is 2.81. The maximum absolute atomic E-state index is 12.6. The number of aryl methyl sites for hydroxylation is 1. The van der Waals surface area contributed by atoms with Crippen molar-refractivity contribution in [2.24, 2.45) is 11.3 Å². The minimum absolute atomic E-state index is 0.153. The fraction of sp³-hybridized carbons (Fsp3) is 0.562. The van der Waals surface area contributed by atoms with Gasteiger partial charge in [0.1, 0.15) is 0 Å².